The predicted octanol–water partition coefficient (Wildman–Crippen LogP) is 2.74. The third kappa shape index (κ3) is 3.87. The molecule has 0 aliphatic carbocycles. The van der Waals surface area contributed by atoms with Crippen LogP contribution in [0.3, 0.4) is 0 Å². The molecule has 0 saturated heterocycles. The number of aryl methyl sites for hydroxylation is 1. The van der Waals surface area contributed by atoms with Crippen LogP contribution < -0.4 is 5.32 Å². The molecule has 0 fully saturated rings. The number of aliphatic hydroxyl groups excluding tert-OH is 1. The molecule has 0 heterocycles. The standard InChI is InChI=1S/C11H15ClN2O3/c1-8-6-11(14(16)17)9(12)7-10(8)13-4-2-3-5-15/h6-7,13,15H,2-5H2,1H3. The highest BCUT2D eigenvalue weighted by Gasteiger charge is 2.14. The van der Waals surface area contributed by atoms with Gasteiger partial charge in [-0.05, 0) is 31.4 Å². The molecule has 0 unspecified atom stereocenters. The van der Waals surface area contributed by atoms with Gasteiger partial charge in [-0.3, -0.25) is 10.1 Å². The van der Waals surface area contributed by atoms with Crippen LogP contribution in [0.15, 0.2) is 12.1 Å². The number of unbranched alkanes of at least 4 members (excludes halogenated alkanes) is 1. The summed E-state index contributed by atoms with van der Waals surface area (Å²) in [7, 11) is 0. The highest BCUT2D eigenvalue weighted by atomic mass is 35.5. The fourth-order valence-corrected chi connectivity index (χ4v) is 1.69. The molecule has 0 aliphatic heterocycles. The van der Waals surface area contributed by atoms with E-state index in [9.17, 15) is 10.1 Å². The zero-order valence-corrected chi connectivity index (χ0v) is 10.3. The van der Waals surface area contributed by atoms with E-state index in [1.54, 1.807) is 13.0 Å². The molecule has 0 spiro atoms. The number of nitro groups is 1. The number of rotatable bonds is 6. The van der Waals surface area contributed by atoms with Gasteiger partial charge in [0.05, 0.1) is 4.92 Å². The first-order chi connectivity index (χ1) is 8.06. The smallest absolute Gasteiger partial charge is 0.288 e. The lowest BCUT2D eigenvalue weighted by atomic mass is 10.1. The maximum atomic E-state index is 10.7. The van der Waals surface area contributed by atoms with Crippen LogP contribution in [-0.2, 0) is 0 Å². The van der Waals surface area contributed by atoms with Crippen molar-refractivity contribution in [3.8, 4) is 0 Å². The van der Waals surface area contributed by atoms with Gasteiger partial charge in [0.2, 0.25) is 0 Å². The van der Waals surface area contributed by atoms with Gasteiger partial charge in [0.25, 0.3) is 5.69 Å². The van der Waals surface area contributed by atoms with Crippen molar-refractivity contribution >= 4 is 23.0 Å². The van der Waals surface area contributed by atoms with Crippen molar-refractivity contribution in [1.82, 2.24) is 0 Å². The van der Waals surface area contributed by atoms with Gasteiger partial charge in [0, 0.05) is 24.9 Å². The molecule has 0 aliphatic rings. The van der Waals surface area contributed by atoms with Gasteiger partial charge in [-0.1, -0.05) is 11.6 Å². The van der Waals surface area contributed by atoms with Gasteiger partial charge in [0.1, 0.15) is 5.02 Å². The zero-order chi connectivity index (χ0) is 12.8. The molecule has 0 saturated carbocycles. The van der Waals surface area contributed by atoms with Crippen LogP contribution in [0.5, 0.6) is 0 Å². The first-order valence-corrected chi connectivity index (χ1v) is 5.73. The van der Waals surface area contributed by atoms with Crippen LogP contribution in [0.2, 0.25) is 5.02 Å². The van der Waals surface area contributed by atoms with Crippen LogP contribution in [-0.4, -0.2) is 23.2 Å². The molecule has 2 N–H and O–H groups in total. The molecule has 5 nitrogen and oxygen atoms in total. The van der Waals surface area contributed by atoms with Crippen LogP contribution in [0.1, 0.15) is 18.4 Å². The molecule has 0 atom stereocenters. The van der Waals surface area contributed by atoms with E-state index < -0.39 is 4.92 Å². The van der Waals surface area contributed by atoms with Crippen molar-refractivity contribution in [2.75, 3.05) is 18.5 Å². The molecule has 6 heteroatoms. The van der Waals surface area contributed by atoms with Crippen molar-refractivity contribution in [2.45, 2.75) is 19.8 Å². The minimum Gasteiger partial charge on any atom is -0.396 e. The van der Waals surface area contributed by atoms with Crippen LogP contribution in [0, 0.1) is 17.0 Å². The van der Waals surface area contributed by atoms with Crippen molar-refractivity contribution in [3.63, 3.8) is 0 Å². The highest BCUT2D eigenvalue weighted by molar-refractivity contribution is 6.33. The summed E-state index contributed by atoms with van der Waals surface area (Å²) in [6, 6.07) is 3.02. The summed E-state index contributed by atoms with van der Waals surface area (Å²) < 4.78 is 0. The molecule has 17 heavy (non-hydrogen) atoms. The third-order valence-electron chi connectivity index (χ3n) is 2.39. The third-order valence-corrected chi connectivity index (χ3v) is 2.69. The minimum atomic E-state index is -0.495. The summed E-state index contributed by atoms with van der Waals surface area (Å²) in [5, 5.41) is 22.6. The van der Waals surface area contributed by atoms with Crippen LogP contribution in [0.25, 0.3) is 0 Å². The van der Waals surface area contributed by atoms with E-state index in [4.69, 9.17) is 16.7 Å². The minimum absolute atomic E-state index is 0.0786. The number of halogens is 1. The summed E-state index contributed by atoms with van der Waals surface area (Å²) in [6.45, 7) is 2.66. The van der Waals surface area contributed by atoms with Crippen molar-refractivity contribution in [2.24, 2.45) is 0 Å². The van der Waals surface area contributed by atoms with Gasteiger partial charge >= 0.3 is 0 Å². The number of anilines is 1. The number of hydrogen-bond acceptors (Lipinski definition) is 4. The van der Waals surface area contributed by atoms with Crippen LogP contribution in [0.4, 0.5) is 11.4 Å². The average molecular weight is 259 g/mol. The largest absolute Gasteiger partial charge is 0.396 e. The van der Waals surface area contributed by atoms with Gasteiger partial charge in [-0.25, -0.2) is 0 Å². The molecular weight excluding hydrogens is 244 g/mol. The lowest BCUT2D eigenvalue weighted by Crippen LogP contribution is -2.04. The highest BCUT2D eigenvalue weighted by Crippen LogP contribution is 2.30. The van der Waals surface area contributed by atoms with Crippen LogP contribution >= 0.6 is 11.6 Å². The topological polar surface area (TPSA) is 75.4 Å². The van der Waals surface area contributed by atoms with Gasteiger partial charge in [0.15, 0.2) is 0 Å². The lowest BCUT2D eigenvalue weighted by Gasteiger charge is -2.09. The quantitative estimate of drug-likeness (QED) is 0.467. The second-order valence-corrected chi connectivity index (χ2v) is 4.14. The fraction of sp³-hybridized carbons (Fsp3) is 0.455. The van der Waals surface area contributed by atoms with E-state index in [1.807, 2.05) is 0 Å². The van der Waals surface area contributed by atoms with Crippen molar-refractivity contribution < 1.29 is 10.0 Å². The Morgan fingerprint density at radius 3 is 2.76 bits per heavy atom. The normalized spacial score (nSPS) is 10.3. The first kappa shape index (κ1) is 13.7. The van der Waals surface area contributed by atoms with Gasteiger partial charge in [-0.2, -0.15) is 0 Å². The second-order valence-electron chi connectivity index (χ2n) is 3.73. The number of benzene rings is 1. The Bertz CT molecular complexity index is 410. The molecule has 0 bridgehead atoms. The Balaban J connectivity index is 2.74. The van der Waals surface area contributed by atoms with E-state index in [1.165, 1.54) is 6.07 Å². The average Bonchev–Trinajstić information content (AvgIpc) is 2.28. The summed E-state index contributed by atoms with van der Waals surface area (Å²) in [4.78, 5) is 10.2. The summed E-state index contributed by atoms with van der Waals surface area (Å²) >= 11 is 5.81. The number of hydrogen-bond donors (Lipinski definition) is 2. The fourth-order valence-electron chi connectivity index (χ4n) is 1.46. The summed E-state index contributed by atoms with van der Waals surface area (Å²) in [6.07, 6.45) is 1.57. The number of nitrogens with zero attached hydrogens (tertiary/aromatic N) is 1. The van der Waals surface area contributed by atoms with E-state index in [-0.39, 0.29) is 17.3 Å². The summed E-state index contributed by atoms with van der Waals surface area (Å²) in [5.74, 6) is 0. The summed E-state index contributed by atoms with van der Waals surface area (Å²) in [5.41, 5.74) is 1.49. The maximum Gasteiger partial charge on any atom is 0.288 e. The molecule has 0 amide bonds. The Kier molecular flexibility index (Phi) is 5.18. The Morgan fingerprint density at radius 2 is 2.18 bits per heavy atom. The molecule has 0 radical (unpaired) electrons. The number of nitro benzene ring substituents is 1. The molecular formula is C11H15ClN2O3. The van der Waals surface area contributed by atoms with E-state index in [0.717, 1.165) is 24.1 Å². The Labute approximate surface area is 105 Å². The maximum absolute atomic E-state index is 10.7. The lowest BCUT2D eigenvalue weighted by molar-refractivity contribution is -0.384. The Hall–Kier alpha value is -1.33. The molecule has 1 rings (SSSR count). The Morgan fingerprint density at radius 1 is 1.47 bits per heavy atom. The van der Waals surface area contributed by atoms with Crippen molar-refractivity contribution in [3.05, 3.63) is 32.8 Å². The van der Waals surface area contributed by atoms with Gasteiger partial charge in [-0.15, -0.1) is 0 Å². The molecule has 94 valence electrons. The molecule has 1 aromatic carbocycles. The SMILES string of the molecule is Cc1cc([N+](=O)[O-])c(Cl)cc1NCCCCO. The number of aliphatic hydroxyl groups is 1. The van der Waals surface area contributed by atoms with Crippen molar-refractivity contribution in [1.29, 1.82) is 0 Å². The zero-order valence-electron chi connectivity index (χ0n) is 9.57. The first-order valence-electron chi connectivity index (χ1n) is 5.35. The number of nitrogens with one attached hydrogen (secondary N) is 1. The second kappa shape index (κ2) is 6.42. The monoisotopic (exact) mass is 258 g/mol. The van der Waals surface area contributed by atoms with E-state index in [0.29, 0.717) is 6.54 Å². The molecule has 1 aromatic rings. The van der Waals surface area contributed by atoms with E-state index >= 15 is 0 Å². The van der Waals surface area contributed by atoms with Gasteiger partial charge < -0.3 is 10.4 Å². The molecule has 0 aromatic heterocycles. The predicted molar refractivity (Wildman–Crippen MR) is 67.7 cm³/mol. The van der Waals surface area contributed by atoms with E-state index in [2.05, 4.69) is 5.32 Å².